The normalized spacial score (nSPS) is 12.6. The molecule has 0 spiro atoms. The molecule has 120 valence electrons. The fourth-order valence-electron chi connectivity index (χ4n) is 2.41. The van der Waals surface area contributed by atoms with Crippen molar-refractivity contribution in [3.05, 3.63) is 29.8 Å². The van der Waals surface area contributed by atoms with E-state index in [2.05, 4.69) is 0 Å². The lowest BCUT2D eigenvalue weighted by Gasteiger charge is -2.25. The summed E-state index contributed by atoms with van der Waals surface area (Å²) in [5.74, 6) is -3.98. The quantitative estimate of drug-likeness (QED) is 0.565. The summed E-state index contributed by atoms with van der Waals surface area (Å²) in [5.41, 5.74) is 0.505. The van der Waals surface area contributed by atoms with Gasteiger partial charge in [0.15, 0.2) is 0 Å². The molecule has 2 atom stereocenters. The van der Waals surface area contributed by atoms with Crippen LogP contribution in [0, 0.1) is 34.5 Å². The zero-order chi connectivity index (χ0) is 17.4. The Bertz CT molecular complexity index is 643. The largest absolute Gasteiger partial charge is 0.497 e. The van der Waals surface area contributed by atoms with E-state index >= 15 is 0 Å². The number of carbonyl (C=O) groups excluding carboxylic acids is 2. The van der Waals surface area contributed by atoms with Gasteiger partial charge in [-0.1, -0.05) is 12.1 Å². The van der Waals surface area contributed by atoms with E-state index in [1.54, 1.807) is 31.2 Å². The molecule has 1 rings (SSSR count). The van der Waals surface area contributed by atoms with E-state index in [0.717, 1.165) is 0 Å². The summed E-state index contributed by atoms with van der Waals surface area (Å²) in [6.45, 7) is 2.99. The molecule has 0 saturated carbocycles. The highest BCUT2D eigenvalue weighted by Gasteiger charge is 2.40. The van der Waals surface area contributed by atoms with Crippen molar-refractivity contribution in [2.75, 3.05) is 13.7 Å². The number of nitriles is 2. The number of rotatable bonds is 7. The first-order chi connectivity index (χ1) is 11.0. The maximum absolute atomic E-state index is 12.2. The number of methoxy groups -OCH3 is 1. The Balaban J connectivity index is 3.44. The molecule has 0 amide bonds. The predicted molar refractivity (Wildman–Crippen MR) is 81.3 cm³/mol. The molecule has 1 aromatic carbocycles. The van der Waals surface area contributed by atoms with Crippen LogP contribution in [0.1, 0.15) is 25.3 Å². The van der Waals surface area contributed by atoms with E-state index in [-0.39, 0.29) is 6.61 Å². The average Bonchev–Trinajstić information content (AvgIpc) is 2.54. The second kappa shape index (κ2) is 8.55. The molecular weight excluding hydrogens is 296 g/mol. The second-order valence-electron chi connectivity index (χ2n) is 4.88. The number of benzene rings is 1. The van der Waals surface area contributed by atoms with Crippen LogP contribution in [0.2, 0.25) is 0 Å². The maximum atomic E-state index is 12.2. The van der Waals surface area contributed by atoms with Crippen molar-refractivity contribution >= 4 is 11.8 Å². The molecule has 0 heterocycles. The van der Waals surface area contributed by atoms with Crippen molar-refractivity contribution < 1.29 is 19.1 Å². The van der Waals surface area contributed by atoms with Gasteiger partial charge in [-0.2, -0.15) is 10.5 Å². The van der Waals surface area contributed by atoms with E-state index in [4.69, 9.17) is 9.47 Å². The van der Waals surface area contributed by atoms with E-state index in [1.165, 1.54) is 14.0 Å². The number of Topliss-reactive ketones (excluding diaryl/α,β-unsaturated/α-hetero) is 1. The Morgan fingerprint density at radius 1 is 1.26 bits per heavy atom. The highest BCUT2D eigenvalue weighted by molar-refractivity contribution is 5.99. The van der Waals surface area contributed by atoms with E-state index in [1.807, 2.05) is 12.1 Å². The number of esters is 1. The number of ether oxygens (including phenoxy) is 2. The van der Waals surface area contributed by atoms with Crippen LogP contribution in [0.5, 0.6) is 5.75 Å². The number of nitrogens with zero attached hydrogens (tertiary/aromatic N) is 2. The van der Waals surface area contributed by atoms with Crippen LogP contribution >= 0.6 is 0 Å². The number of carbonyl (C=O) groups is 2. The SMILES string of the molecule is CCOC(=O)C(C(C)=O)C(c1cccc(OC)c1)C(C#N)C#N. The average molecular weight is 314 g/mol. The Hall–Kier alpha value is -2.86. The van der Waals surface area contributed by atoms with Gasteiger partial charge in [-0.05, 0) is 31.5 Å². The number of hydrogen-bond acceptors (Lipinski definition) is 6. The van der Waals surface area contributed by atoms with Gasteiger partial charge in [0.1, 0.15) is 23.4 Å². The first-order valence-corrected chi connectivity index (χ1v) is 7.10. The number of hydrogen-bond donors (Lipinski definition) is 0. The Kier molecular flexibility index (Phi) is 6.76. The van der Waals surface area contributed by atoms with E-state index in [9.17, 15) is 20.1 Å². The zero-order valence-corrected chi connectivity index (χ0v) is 13.3. The van der Waals surface area contributed by atoms with Gasteiger partial charge in [-0.25, -0.2) is 0 Å². The molecule has 2 unspecified atom stereocenters. The van der Waals surface area contributed by atoms with Gasteiger partial charge in [0, 0.05) is 5.92 Å². The fourth-order valence-corrected chi connectivity index (χ4v) is 2.41. The summed E-state index contributed by atoms with van der Waals surface area (Å²) in [7, 11) is 1.48. The molecule has 6 heteroatoms. The van der Waals surface area contributed by atoms with Crippen LogP contribution in [0.25, 0.3) is 0 Å². The lowest BCUT2D eigenvalue weighted by molar-refractivity contribution is -0.152. The van der Waals surface area contributed by atoms with Gasteiger partial charge in [0.05, 0.1) is 25.9 Å². The molecule has 0 aliphatic carbocycles. The van der Waals surface area contributed by atoms with Gasteiger partial charge in [-0.15, -0.1) is 0 Å². The Labute approximate surface area is 135 Å². The second-order valence-corrected chi connectivity index (χ2v) is 4.88. The van der Waals surface area contributed by atoms with Crippen molar-refractivity contribution in [3.8, 4) is 17.9 Å². The van der Waals surface area contributed by atoms with Gasteiger partial charge >= 0.3 is 5.97 Å². The van der Waals surface area contributed by atoms with Crippen molar-refractivity contribution in [1.29, 1.82) is 10.5 Å². The summed E-state index contributed by atoms with van der Waals surface area (Å²) in [5, 5.41) is 18.5. The summed E-state index contributed by atoms with van der Waals surface area (Å²) in [4.78, 5) is 24.2. The molecule has 0 aliphatic heterocycles. The fraction of sp³-hybridized carbons (Fsp3) is 0.412. The molecule has 0 fully saturated rings. The molecule has 0 aliphatic rings. The lowest BCUT2D eigenvalue weighted by atomic mass is 9.76. The third-order valence-corrected chi connectivity index (χ3v) is 3.45. The highest BCUT2D eigenvalue weighted by Crippen LogP contribution is 2.35. The van der Waals surface area contributed by atoms with Crippen LogP contribution in [-0.4, -0.2) is 25.5 Å². The number of ketones is 1. The molecule has 0 aromatic heterocycles. The molecule has 0 bridgehead atoms. The van der Waals surface area contributed by atoms with Crippen molar-refractivity contribution in [2.45, 2.75) is 19.8 Å². The van der Waals surface area contributed by atoms with Crippen LogP contribution in [-0.2, 0) is 14.3 Å². The van der Waals surface area contributed by atoms with Crippen LogP contribution in [0.15, 0.2) is 24.3 Å². The minimum atomic E-state index is -1.22. The molecule has 0 saturated heterocycles. The summed E-state index contributed by atoms with van der Waals surface area (Å²) >= 11 is 0. The smallest absolute Gasteiger partial charge is 0.317 e. The zero-order valence-electron chi connectivity index (χ0n) is 13.3. The monoisotopic (exact) mass is 314 g/mol. The summed E-state index contributed by atoms with van der Waals surface area (Å²) in [6.07, 6.45) is 0. The first kappa shape index (κ1) is 18.2. The van der Waals surface area contributed by atoms with Gasteiger partial charge in [-0.3, -0.25) is 9.59 Å². The van der Waals surface area contributed by atoms with Crippen molar-refractivity contribution in [3.63, 3.8) is 0 Å². The van der Waals surface area contributed by atoms with Crippen molar-refractivity contribution in [1.82, 2.24) is 0 Å². The molecule has 1 aromatic rings. The Morgan fingerprint density at radius 2 is 1.91 bits per heavy atom. The Morgan fingerprint density at radius 3 is 2.39 bits per heavy atom. The van der Waals surface area contributed by atoms with Gasteiger partial charge < -0.3 is 9.47 Å². The molecule has 0 radical (unpaired) electrons. The summed E-state index contributed by atoms with van der Waals surface area (Å²) in [6, 6.07) is 10.4. The third-order valence-electron chi connectivity index (χ3n) is 3.45. The maximum Gasteiger partial charge on any atom is 0.317 e. The topological polar surface area (TPSA) is 100 Å². The lowest BCUT2D eigenvalue weighted by Crippen LogP contribution is -2.33. The van der Waals surface area contributed by atoms with E-state index in [0.29, 0.717) is 11.3 Å². The third kappa shape index (κ3) is 4.31. The standard InChI is InChI=1S/C17H18N2O4/c1-4-23-17(21)15(11(2)20)16(13(9-18)10-19)12-6-5-7-14(8-12)22-3/h5-8,13,15-16H,4H2,1-3H3. The van der Waals surface area contributed by atoms with Crippen molar-refractivity contribution in [2.24, 2.45) is 11.8 Å². The van der Waals surface area contributed by atoms with E-state index < -0.39 is 29.5 Å². The summed E-state index contributed by atoms with van der Waals surface area (Å²) < 4.78 is 10.1. The molecule has 6 nitrogen and oxygen atoms in total. The molecule has 23 heavy (non-hydrogen) atoms. The van der Waals surface area contributed by atoms with Crippen LogP contribution in [0.4, 0.5) is 0 Å². The molecular formula is C17H18N2O4. The minimum absolute atomic E-state index is 0.108. The molecule has 0 N–H and O–H groups in total. The van der Waals surface area contributed by atoms with Crippen LogP contribution < -0.4 is 4.74 Å². The van der Waals surface area contributed by atoms with Crippen LogP contribution in [0.3, 0.4) is 0 Å². The predicted octanol–water partition coefficient (Wildman–Crippen LogP) is 2.21. The highest BCUT2D eigenvalue weighted by atomic mass is 16.5. The van der Waals surface area contributed by atoms with Gasteiger partial charge in [0.2, 0.25) is 0 Å². The van der Waals surface area contributed by atoms with Gasteiger partial charge in [0.25, 0.3) is 0 Å². The minimum Gasteiger partial charge on any atom is -0.497 e. The first-order valence-electron chi connectivity index (χ1n) is 7.10.